The Morgan fingerprint density at radius 3 is 1.03 bits per heavy atom. The summed E-state index contributed by atoms with van der Waals surface area (Å²) in [6.07, 6.45) is 29.9. The maximum atomic E-state index is 11.4. The topological polar surface area (TPSA) is 80.3 Å². The first kappa shape index (κ1) is 41.4. The van der Waals surface area contributed by atoms with Gasteiger partial charge in [-0.05, 0) is 31.6 Å². The minimum absolute atomic E-state index is 0. The van der Waals surface area contributed by atoms with Gasteiger partial charge in [0, 0.05) is 11.9 Å². The van der Waals surface area contributed by atoms with Crippen LogP contribution in [0.5, 0.6) is 0 Å². The predicted octanol–water partition coefficient (Wildman–Crippen LogP) is 1.27. The number of rotatable bonds is 28. The standard InChI is InChI=1S/C30H58O4.2Na/c1-2-3-4-5-6-7-8-9-10-11-13-16-19-22-25-28(30(33)34)26-23-20-17-14-12-15-18-21-24-27-29(31)32;;/h28H,2-27H2,1H3,(H,31,32)(H,33,34);;/q;2*+1/p-2. The van der Waals surface area contributed by atoms with E-state index in [2.05, 4.69) is 6.92 Å². The van der Waals surface area contributed by atoms with E-state index in [1.807, 2.05) is 0 Å². The van der Waals surface area contributed by atoms with Crippen LogP contribution in [0.3, 0.4) is 0 Å². The molecule has 36 heavy (non-hydrogen) atoms. The van der Waals surface area contributed by atoms with E-state index in [1.165, 1.54) is 89.9 Å². The summed E-state index contributed by atoms with van der Waals surface area (Å²) >= 11 is 0. The molecule has 0 saturated carbocycles. The quantitative estimate of drug-likeness (QED) is 0.114. The van der Waals surface area contributed by atoms with Crippen molar-refractivity contribution in [3.05, 3.63) is 0 Å². The minimum atomic E-state index is -0.945. The second kappa shape index (κ2) is 34.0. The molecule has 0 heterocycles. The molecule has 0 aromatic heterocycles. The summed E-state index contributed by atoms with van der Waals surface area (Å²) in [4.78, 5) is 21.8. The Morgan fingerprint density at radius 2 is 0.750 bits per heavy atom. The van der Waals surface area contributed by atoms with Crippen LogP contribution in [0.25, 0.3) is 0 Å². The van der Waals surface area contributed by atoms with Gasteiger partial charge in [0.05, 0.1) is 0 Å². The molecule has 0 bridgehead atoms. The molecular formula is C30H56Na2O4. The fraction of sp³-hybridized carbons (Fsp3) is 0.933. The fourth-order valence-corrected chi connectivity index (χ4v) is 4.86. The van der Waals surface area contributed by atoms with Crippen LogP contribution < -0.4 is 69.3 Å². The molecule has 4 nitrogen and oxygen atoms in total. The normalized spacial score (nSPS) is 11.5. The first-order valence-corrected chi connectivity index (χ1v) is 15.0. The molecule has 0 radical (unpaired) electrons. The molecule has 0 amide bonds. The van der Waals surface area contributed by atoms with Gasteiger partial charge in [-0.3, -0.25) is 0 Å². The monoisotopic (exact) mass is 526 g/mol. The van der Waals surface area contributed by atoms with Gasteiger partial charge >= 0.3 is 59.1 Å². The first-order valence-electron chi connectivity index (χ1n) is 15.0. The van der Waals surface area contributed by atoms with Crippen LogP contribution in [0, 0.1) is 5.92 Å². The van der Waals surface area contributed by atoms with E-state index >= 15 is 0 Å². The summed E-state index contributed by atoms with van der Waals surface area (Å²) in [5.74, 6) is -2.06. The van der Waals surface area contributed by atoms with Crippen molar-refractivity contribution >= 4 is 11.9 Å². The molecule has 0 aliphatic rings. The Balaban J connectivity index is -0.00000544. The smallest absolute Gasteiger partial charge is 0.550 e. The Morgan fingerprint density at radius 1 is 0.472 bits per heavy atom. The Bertz CT molecular complexity index is 460. The number of carboxylic acids is 2. The number of aliphatic carboxylic acids is 2. The molecule has 0 fully saturated rings. The maximum absolute atomic E-state index is 11.4. The Kier molecular flexibility index (Phi) is 39.1. The summed E-state index contributed by atoms with van der Waals surface area (Å²) < 4.78 is 0. The van der Waals surface area contributed by atoms with E-state index in [4.69, 9.17) is 0 Å². The third-order valence-electron chi connectivity index (χ3n) is 7.17. The first-order chi connectivity index (χ1) is 16.6. The van der Waals surface area contributed by atoms with E-state index in [1.54, 1.807) is 0 Å². The molecule has 0 aromatic rings. The van der Waals surface area contributed by atoms with Crippen molar-refractivity contribution in [1.29, 1.82) is 0 Å². The van der Waals surface area contributed by atoms with Gasteiger partial charge in [0.1, 0.15) is 0 Å². The SMILES string of the molecule is CCCCCCCCCCCCCCCCC(CCCCCCCCCCCC(=O)[O-])C(=O)[O-].[Na+].[Na+]. The Hall–Kier alpha value is 0.940. The van der Waals surface area contributed by atoms with E-state index in [9.17, 15) is 19.8 Å². The molecule has 0 N–H and O–H groups in total. The van der Waals surface area contributed by atoms with Crippen LogP contribution in [-0.2, 0) is 9.59 Å². The number of carboxylic acid groups (broad SMARTS) is 2. The van der Waals surface area contributed by atoms with Crippen molar-refractivity contribution in [1.82, 2.24) is 0 Å². The van der Waals surface area contributed by atoms with Crippen molar-refractivity contribution in [2.75, 3.05) is 0 Å². The number of carbonyl (C=O) groups excluding carboxylic acids is 2. The van der Waals surface area contributed by atoms with E-state index in [0.29, 0.717) is 0 Å². The molecule has 0 saturated heterocycles. The molecule has 0 aliphatic heterocycles. The molecule has 0 spiro atoms. The molecular weight excluding hydrogens is 470 g/mol. The molecule has 0 aliphatic carbocycles. The van der Waals surface area contributed by atoms with E-state index < -0.39 is 11.9 Å². The molecule has 0 aromatic carbocycles. The number of unbranched alkanes of at least 4 members (excludes halogenated alkanes) is 21. The average molecular weight is 527 g/mol. The fourth-order valence-electron chi connectivity index (χ4n) is 4.86. The van der Waals surface area contributed by atoms with Crippen LogP contribution in [-0.4, -0.2) is 11.9 Å². The summed E-state index contributed by atoms with van der Waals surface area (Å²) in [6, 6.07) is 0. The van der Waals surface area contributed by atoms with Gasteiger partial charge in [-0.2, -0.15) is 0 Å². The van der Waals surface area contributed by atoms with Gasteiger partial charge in [-0.25, -0.2) is 0 Å². The largest absolute Gasteiger partial charge is 1.00 e. The molecule has 0 rings (SSSR count). The predicted molar refractivity (Wildman–Crippen MR) is 139 cm³/mol. The average Bonchev–Trinajstić information content (AvgIpc) is 2.80. The van der Waals surface area contributed by atoms with Crippen molar-refractivity contribution in [2.45, 2.75) is 174 Å². The summed E-state index contributed by atoms with van der Waals surface area (Å²) in [5.41, 5.74) is 0. The van der Waals surface area contributed by atoms with Crippen LogP contribution in [0.15, 0.2) is 0 Å². The second-order valence-electron chi connectivity index (χ2n) is 10.5. The molecule has 1 atom stereocenters. The minimum Gasteiger partial charge on any atom is -0.550 e. The van der Waals surface area contributed by atoms with Crippen LogP contribution >= 0.6 is 0 Å². The molecule has 1 unspecified atom stereocenters. The van der Waals surface area contributed by atoms with Crippen LogP contribution in [0.1, 0.15) is 174 Å². The van der Waals surface area contributed by atoms with E-state index in [-0.39, 0.29) is 71.5 Å². The number of hydrogen-bond acceptors (Lipinski definition) is 4. The van der Waals surface area contributed by atoms with Gasteiger partial charge in [0.15, 0.2) is 0 Å². The summed E-state index contributed by atoms with van der Waals surface area (Å²) in [5, 5.41) is 21.8. The summed E-state index contributed by atoms with van der Waals surface area (Å²) in [7, 11) is 0. The third-order valence-corrected chi connectivity index (χ3v) is 7.17. The van der Waals surface area contributed by atoms with Gasteiger partial charge in [-0.1, -0.05) is 148 Å². The van der Waals surface area contributed by atoms with Crippen molar-refractivity contribution < 1.29 is 78.9 Å². The van der Waals surface area contributed by atoms with E-state index in [0.717, 1.165) is 70.6 Å². The number of hydrogen-bond donors (Lipinski definition) is 0. The second-order valence-corrected chi connectivity index (χ2v) is 10.5. The van der Waals surface area contributed by atoms with Gasteiger partial charge in [0.2, 0.25) is 0 Å². The maximum Gasteiger partial charge on any atom is 1.00 e. The zero-order chi connectivity index (χ0) is 25.1. The zero-order valence-corrected chi connectivity index (χ0v) is 28.6. The third kappa shape index (κ3) is 33.0. The van der Waals surface area contributed by atoms with Gasteiger partial charge in [-0.15, -0.1) is 0 Å². The van der Waals surface area contributed by atoms with Gasteiger partial charge in [0.25, 0.3) is 0 Å². The molecule has 6 heteroatoms. The van der Waals surface area contributed by atoms with Gasteiger partial charge < -0.3 is 19.8 Å². The van der Waals surface area contributed by atoms with Crippen LogP contribution in [0.2, 0.25) is 0 Å². The van der Waals surface area contributed by atoms with Crippen molar-refractivity contribution in [3.63, 3.8) is 0 Å². The van der Waals surface area contributed by atoms with Crippen LogP contribution in [0.4, 0.5) is 0 Å². The van der Waals surface area contributed by atoms with Crippen molar-refractivity contribution in [2.24, 2.45) is 5.92 Å². The zero-order valence-electron chi connectivity index (χ0n) is 24.6. The molecule has 202 valence electrons. The van der Waals surface area contributed by atoms with Crippen molar-refractivity contribution in [3.8, 4) is 0 Å². The number of carbonyl (C=O) groups is 2. The summed E-state index contributed by atoms with van der Waals surface area (Å²) in [6.45, 7) is 2.27. The Labute approximate surface area is 268 Å².